The third kappa shape index (κ3) is 3.01. The molecule has 4 amide bonds. The first kappa shape index (κ1) is 16.2. The fourth-order valence-electron chi connectivity index (χ4n) is 2.33. The van der Waals surface area contributed by atoms with E-state index in [1.165, 1.54) is 16.2 Å². The Morgan fingerprint density at radius 2 is 2.23 bits per heavy atom. The van der Waals surface area contributed by atoms with E-state index in [1.54, 1.807) is 37.6 Å². The van der Waals surface area contributed by atoms with Gasteiger partial charge in [-0.25, -0.2) is 4.79 Å². The van der Waals surface area contributed by atoms with Crippen molar-refractivity contribution in [3.05, 3.63) is 22.4 Å². The van der Waals surface area contributed by atoms with Crippen molar-refractivity contribution < 1.29 is 19.2 Å². The maximum absolute atomic E-state index is 12.2. The van der Waals surface area contributed by atoms with Crippen LogP contribution in [-0.2, 0) is 14.4 Å². The van der Waals surface area contributed by atoms with Crippen LogP contribution in [-0.4, -0.2) is 53.1 Å². The van der Waals surface area contributed by atoms with Gasteiger partial charge in [0, 0.05) is 17.5 Å². The van der Waals surface area contributed by atoms with Gasteiger partial charge in [0.1, 0.15) is 6.04 Å². The fourth-order valence-corrected chi connectivity index (χ4v) is 3.04. The number of carbonyl (C=O) groups is 3. The standard InChI is InChI=1S/C14H16N3O4S/c1-3-16-9(2)7-17(13(20)12(16)19)14(21)15-10(8-18)11-5-4-6-22-11/h4-6,9-10H,3,7H2,1-2H3,(H,15,21)/t9-,10?/m0/s1. The Kier molecular flexibility index (Phi) is 4.92. The Labute approximate surface area is 131 Å². The lowest BCUT2D eigenvalue weighted by Gasteiger charge is -2.37. The first-order valence-electron chi connectivity index (χ1n) is 6.83. The summed E-state index contributed by atoms with van der Waals surface area (Å²) >= 11 is 1.29. The van der Waals surface area contributed by atoms with Crippen LogP contribution in [0, 0.1) is 0 Å². The number of nitrogens with one attached hydrogen (secondary N) is 1. The Morgan fingerprint density at radius 1 is 1.50 bits per heavy atom. The van der Waals surface area contributed by atoms with E-state index in [1.807, 2.05) is 0 Å². The lowest BCUT2D eigenvalue weighted by atomic mass is 10.2. The minimum Gasteiger partial charge on any atom is -0.330 e. The van der Waals surface area contributed by atoms with Crippen molar-refractivity contribution in [2.24, 2.45) is 0 Å². The van der Waals surface area contributed by atoms with E-state index in [4.69, 9.17) is 0 Å². The van der Waals surface area contributed by atoms with Crippen molar-refractivity contribution in [3.63, 3.8) is 0 Å². The molecule has 0 bridgehead atoms. The molecule has 2 atom stereocenters. The van der Waals surface area contributed by atoms with E-state index in [-0.39, 0.29) is 12.6 Å². The van der Waals surface area contributed by atoms with Gasteiger partial charge in [-0.15, -0.1) is 11.3 Å². The molecular formula is C14H16N3O4S. The largest absolute Gasteiger partial charge is 0.330 e. The zero-order chi connectivity index (χ0) is 16.3. The number of thiophene rings is 1. The van der Waals surface area contributed by atoms with Gasteiger partial charge in [-0.2, -0.15) is 0 Å². The van der Waals surface area contributed by atoms with Gasteiger partial charge in [0.25, 0.3) is 0 Å². The highest BCUT2D eigenvalue weighted by molar-refractivity contribution is 7.10. The van der Waals surface area contributed by atoms with Gasteiger partial charge in [-0.05, 0) is 25.3 Å². The minimum absolute atomic E-state index is 0.0975. The van der Waals surface area contributed by atoms with Crippen LogP contribution in [0.3, 0.4) is 0 Å². The first-order valence-corrected chi connectivity index (χ1v) is 7.71. The highest BCUT2D eigenvalue weighted by atomic mass is 32.1. The number of hydrogen-bond donors (Lipinski definition) is 1. The zero-order valence-corrected chi connectivity index (χ0v) is 13.1. The molecule has 1 unspecified atom stereocenters. The fraction of sp³-hybridized carbons (Fsp3) is 0.429. The molecule has 1 aromatic heterocycles. The highest BCUT2D eigenvalue weighted by Crippen LogP contribution is 2.18. The third-order valence-electron chi connectivity index (χ3n) is 3.47. The molecule has 0 saturated carbocycles. The van der Waals surface area contributed by atoms with Gasteiger partial charge >= 0.3 is 17.8 Å². The van der Waals surface area contributed by atoms with Crippen molar-refractivity contribution in [2.45, 2.75) is 25.9 Å². The van der Waals surface area contributed by atoms with Crippen molar-refractivity contribution in [3.8, 4) is 0 Å². The van der Waals surface area contributed by atoms with E-state index in [0.717, 1.165) is 4.90 Å². The highest BCUT2D eigenvalue weighted by Gasteiger charge is 2.39. The zero-order valence-electron chi connectivity index (χ0n) is 12.2. The normalized spacial score (nSPS) is 20.0. The van der Waals surface area contributed by atoms with Crippen LogP contribution in [0.2, 0.25) is 0 Å². The number of likely N-dealkylation sites (N-methyl/N-ethyl adjacent to an activating group) is 1. The molecule has 1 fully saturated rings. The molecule has 117 valence electrons. The number of nitrogens with zero attached hydrogens (tertiary/aromatic N) is 2. The number of piperazine rings is 1. The van der Waals surface area contributed by atoms with Gasteiger partial charge in [-0.1, -0.05) is 6.07 Å². The summed E-state index contributed by atoms with van der Waals surface area (Å²) in [4.78, 5) is 50.1. The van der Waals surface area contributed by atoms with E-state index in [9.17, 15) is 19.2 Å². The van der Waals surface area contributed by atoms with Crippen LogP contribution < -0.4 is 5.32 Å². The molecule has 8 heteroatoms. The second-order valence-corrected chi connectivity index (χ2v) is 5.85. The van der Waals surface area contributed by atoms with Crippen molar-refractivity contribution in [1.29, 1.82) is 0 Å². The lowest BCUT2D eigenvalue weighted by molar-refractivity contribution is -0.156. The van der Waals surface area contributed by atoms with Gasteiger partial charge in [0.15, 0.2) is 0 Å². The second-order valence-electron chi connectivity index (χ2n) is 4.87. The molecule has 0 aliphatic carbocycles. The van der Waals surface area contributed by atoms with E-state index in [2.05, 4.69) is 5.32 Å². The maximum atomic E-state index is 12.2. The lowest BCUT2D eigenvalue weighted by Crippen LogP contribution is -2.61. The summed E-state index contributed by atoms with van der Waals surface area (Å²) in [6.45, 7) is 4.03. The molecule has 0 aromatic carbocycles. The average molecular weight is 322 g/mol. The summed E-state index contributed by atoms with van der Waals surface area (Å²) in [5, 5.41) is 4.19. The van der Waals surface area contributed by atoms with Gasteiger partial charge in [-0.3, -0.25) is 19.3 Å². The number of rotatable bonds is 4. The van der Waals surface area contributed by atoms with Gasteiger partial charge in [0.05, 0.1) is 6.54 Å². The Balaban J connectivity index is 2.11. The van der Waals surface area contributed by atoms with Crippen molar-refractivity contribution >= 4 is 35.5 Å². The molecule has 1 aliphatic heterocycles. The molecule has 22 heavy (non-hydrogen) atoms. The van der Waals surface area contributed by atoms with Crippen LogP contribution in [0.5, 0.6) is 0 Å². The predicted octanol–water partition coefficient (Wildman–Crippen LogP) is 0.688. The number of hydrogen-bond acceptors (Lipinski definition) is 5. The molecular weight excluding hydrogens is 306 g/mol. The molecule has 1 aromatic rings. The SMILES string of the molecule is CCN1C(=O)C(=O)N(C(=O)NC([C]=O)c2cccs2)C[C@@H]1C. The van der Waals surface area contributed by atoms with Crippen LogP contribution in [0.4, 0.5) is 4.79 Å². The molecule has 1 saturated heterocycles. The molecule has 7 nitrogen and oxygen atoms in total. The molecule has 1 aliphatic rings. The number of imide groups is 1. The molecule has 2 rings (SSSR count). The predicted molar refractivity (Wildman–Crippen MR) is 79.8 cm³/mol. The molecule has 0 spiro atoms. The van der Waals surface area contributed by atoms with Crippen LogP contribution >= 0.6 is 11.3 Å². The number of carbonyl (C=O) groups excluding carboxylic acids is 4. The topological polar surface area (TPSA) is 86.8 Å². The third-order valence-corrected chi connectivity index (χ3v) is 4.40. The number of amides is 4. The summed E-state index contributed by atoms with van der Waals surface area (Å²) in [5.74, 6) is -1.59. The van der Waals surface area contributed by atoms with Crippen molar-refractivity contribution in [2.75, 3.05) is 13.1 Å². The molecule has 1 N–H and O–H groups in total. The monoisotopic (exact) mass is 322 g/mol. The second kappa shape index (κ2) is 6.69. The summed E-state index contributed by atoms with van der Waals surface area (Å²) in [5.41, 5.74) is 0. The first-order chi connectivity index (χ1) is 10.5. The summed E-state index contributed by atoms with van der Waals surface area (Å²) in [6, 6.07) is 1.46. The van der Waals surface area contributed by atoms with E-state index >= 15 is 0 Å². The van der Waals surface area contributed by atoms with Gasteiger partial charge in [0.2, 0.25) is 6.29 Å². The van der Waals surface area contributed by atoms with Crippen molar-refractivity contribution in [1.82, 2.24) is 15.1 Å². The van der Waals surface area contributed by atoms with E-state index < -0.39 is 23.9 Å². The maximum Gasteiger partial charge on any atom is 0.325 e. The average Bonchev–Trinajstić information content (AvgIpc) is 3.03. The number of urea groups is 1. The Bertz CT molecular complexity index is 587. The quantitative estimate of drug-likeness (QED) is 0.826. The summed E-state index contributed by atoms with van der Waals surface area (Å²) in [6.07, 6.45) is 1.73. The molecule has 2 heterocycles. The Hall–Kier alpha value is -2.22. The van der Waals surface area contributed by atoms with Gasteiger partial charge < -0.3 is 10.2 Å². The summed E-state index contributed by atoms with van der Waals surface area (Å²) in [7, 11) is 0. The minimum atomic E-state index is -0.949. The summed E-state index contributed by atoms with van der Waals surface area (Å²) < 4.78 is 0. The Morgan fingerprint density at radius 3 is 2.77 bits per heavy atom. The van der Waals surface area contributed by atoms with Crippen LogP contribution in [0.25, 0.3) is 0 Å². The smallest absolute Gasteiger partial charge is 0.325 e. The van der Waals surface area contributed by atoms with E-state index in [0.29, 0.717) is 11.4 Å². The van der Waals surface area contributed by atoms with Crippen LogP contribution in [0.1, 0.15) is 24.8 Å². The molecule has 1 radical (unpaired) electrons. The van der Waals surface area contributed by atoms with Crippen LogP contribution in [0.15, 0.2) is 17.5 Å².